The van der Waals surface area contributed by atoms with E-state index in [0.717, 1.165) is 4.90 Å². The van der Waals surface area contributed by atoms with Crippen LogP contribution in [-0.2, 0) is 9.59 Å². The van der Waals surface area contributed by atoms with E-state index in [1.54, 1.807) is 0 Å². The van der Waals surface area contributed by atoms with Gasteiger partial charge in [0.05, 0.1) is 19.2 Å². The Labute approximate surface area is 115 Å². The normalized spacial score (nSPS) is 11.6. The van der Waals surface area contributed by atoms with E-state index in [1.165, 1.54) is 33.4 Å². The first kappa shape index (κ1) is 15.1. The van der Waals surface area contributed by atoms with Crippen LogP contribution in [0.25, 0.3) is 0 Å². The lowest BCUT2D eigenvalue weighted by atomic mass is 10.1. The molecule has 0 aliphatic rings. The van der Waals surface area contributed by atoms with E-state index >= 15 is 0 Å². The van der Waals surface area contributed by atoms with Crippen LogP contribution in [0.15, 0.2) is 12.1 Å². The summed E-state index contributed by atoms with van der Waals surface area (Å²) in [6.45, 7) is 0. The van der Waals surface area contributed by atoms with Crippen molar-refractivity contribution in [2.75, 3.05) is 21.3 Å². The minimum absolute atomic E-state index is 0.1000. The number of carbonyl (C=O) groups is 2. The number of benzene rings is 1. The van der Waals surface area contributed by atoms with Gasteiger partial charge >= 0.3 is 5.97 Å². The van der Waals surface area contributed by atoms with Crippen LogP contribution in [0.2, 0.25) is 5.02 Å². The van der Waals surface area contributed by atoms with E-state index in [0.29, 0.717) is 12.2 Å². The number of rotatable bonds is 6. The molecule has 0 heterocycles. The second-order valence-electron chi connectivity index (χ2n) is 3.72. The zero-order chi connectivity index (χ0) is 14.6. The Hall–Kier alpha value is -1.95. The average Bonchev–Trinajstić information content (AvgIpc) is 2.39. The third-order valence-corrected chi connectivity index (χ3v) is 3.01. The molecule has 1 rings (SSSR count). The third-order valence-electron chi connectivity index (χ3n) is 2.62. The van der Waals surface area contributed by atoms with Crippen molar-refractivity contribution in [3.05, 3.63) is 22.7 Å². The number of nitrogens with zero attached hydrogens (tertiary/aromatic N) is 1. The topological polar surface area (TPSA) is 76.1 Å². The van der Waals surface area contributed by atoms with E-state index in [2.05, 4.69) is 0 Å². The van der Waals surface area contributed by atoms with Gasteiger partial charge in [0.1, 0.15) is 0 Å². The Morgan fingerprint density at radius 3 is 2.47 bits per heavy atom. The molecule has 1 unspecified atom stereocenters. The van der Waals surface area contributed by atoms with Crippen LogP contribution in [0.4, 0.5) is 0 Å². The Bertz CT molecular complexity index is 491. The largest absolute Gasteiger partial charge is 0.493 e. The predicted molar refractivity (Wildman–Crippen MR) is 68.8 cm³/mol. The van der Waals surface area contributed by atoms with Gasteiger partial charge in [-0.3, -0.25) is 4.79 Å². The van der Waals surface area contributed by atoms with E-state index < -0.39 is 12.0 Å². The number of carboxylic acids is 1. The van der Waals surface area contributed by atoms with Gasteiger partial charge in [0, 0.05) is 12.6 Å². The molecule has 0 spiro atoms. The maximum Gasteiger partial charge on any atom is 0.331 e. The summed E-state index contributed by atoms with van der Waals surface area (Å²) in [4.78, 5) is 23.1. The van der Waals surface area contributed by atoms with Crippen molar-refractivity contribution in [2.45, 2.75) is 6.04 Å². The maximum atomic E-state index is 11.3. The lowest BCUT2D eigenvalue weighted by molar-refractivity contribution is -0.145. The van der Waals surface area contributed by atoms with Gasteiger partial charge in [-0.05, 0) is 6.07 Å². The quantitative estimate of drug-likeness (QED) is 0.804. The molecule has 1 amide bonds. The Kier molecular flexibility index (Phi) is 5.00. The molecule has 1 atom stereocenters. The first-order valence-electron chi connectivity index (χ1n) is 5.28. The van der Waals surface area contributed by atoms with Crippen LogP contribution >= 0.6 is 11.6 Å². The summed E-state index contributed by atoms with van der Waals surface area (Å²) in [5, 5.41) is 9.31. The van der Waals surface area contributed by atoms with Crippen molar-refractivity contribution in [1.29, 1.82) is 0 Å². The molecular formula is C12H14ClNO5. The minimum atomic E-state index is -1.19. The minimum Gasteiger partial charge on any atom is -0.493 e. The van der Waals surface area contributed by atoms with Crippen molar-refractivity contribution < 1.29 is 24.2 Å². The molecule has 0 fully saturated rings. The molecule has 0 aliphatic carbocycles. The van der Waals surface area contributed by atoms with Crippen molar-refractivity contribution >= 4 is 24.0 Å². The van der Waals surface area contributed by atoms with Crippen LogP contribution in [0, 0.1) is 0 Å². The van der Waals surface area contributed by atoms with E-state index in [4.69, 9.17) is 21.1 Å². The summed E-state index contributed by atoms with van der Waals surface area (Å²) in [5.41, 5.74) is 0.251. The summed E-state index contributed by atoms with van der Waals surface area (Å²) in [5.74, 6) is -0.579. The van der Waals surface area contributed by atoms with Crippen LogP contribution in [-0.4, -0.2) is 43.7 Å². The highest BCUT2D eigenvalue weighted by Crippen LogP contribution is 2.40. The maximum absolute atomic E-state index is 11.3. The van der Waals surface area contributed by atoms with Crippen LogP contribution in [0.3, 0.4) is 0 Å². The smallest absolute Gasteiger partial charge is 0.331 e. The number of hydrogen-bond donors (Lipinski definition) is 1. The van der Waals surface area contributed by atoms with Crippen LogP contribution in [0.5, 0.6) is 11.5 Å². The molecule has 0 aliphatic heterocycles. The Balaban J connectivity index is 3.40. The van der Waals surface area contributed by atoms with Crippen LogP contribution < -0.4 is 9.47 Å². The lowest BCUT2D eigenvalue weighted by Gasteiger charge is -2.23. The van der Waals surface area contributed by atoms with Crippen molar-refractivity contribution in [3.8, 4) is 11.5 Å². The summed E-state index contributed by atoms with van der Waals surface area (Å²) in [7, 11) is 4.20. The second-order valence-corrected chi connectivity index (χ2v) is 4.09. The molecule has 6 nitrogen and oxygen atoms in total. The highest BCUT2D eigenvalue weighted by molar-refractivity contribution is 6.33. The molecule has 0 saturated carbocycles. The van der Waals surface area contributed by atoms with Gasteiger partial charge in [-0.25, -0.2) is 4.79 Å². The molecule has 0 aromatic heterocycles. The van der Waals surface area contributed by atoms with Crippen LogP contribution in [0.1, 0.15) is 11.6 Å². The van der Waals surface area contributed by atoms with E-state index in [1.807, 2.05) is 0 Å². The monoisotopic (exact) mass is 287 g/mol. The van der Waals surface area contributed by atoms with Gasteiger partial charge in [-0.15, -0.1) is 0 Å². The fourth-order valence-electron chi connectivity index (χ4n) is 1.70. The third kappa shape index (κ3) is 2.90. The SMILES string of the molecule is COc1ccc(C(C(=O)O)N(C)C=O)c(Cl)c1OC. The number of methoxy groups -OCH3 is 2. The molecule has 7 heteroatoms. The molecule has 19 heavy (non-hydrogen) atoms. The number of amides is 1. The summed E-state index contributed by atoms with van der Waals surface area (Å²) in [6.07, 6.45) is 0.422. The molecule has 1 aromatic carbocycles. The van der Waals surface area contributed by atoms with Gasteiger partial charge in [-0.1, -0.05) is 17.7 Å². The van der Waals surface area contributed by atoms with Crippen molar-refractivity contribution in [1.82, 2.24) is 4.90 Å². The molecule has 0 radical (unpaired) electrons. The molecular weight excluding hydrogens is 274 g/mol. The van der Waals surface area contributed by atoms with Gasteiger partial charge in [0.25, 0.3) is 0 Å². The lowest BCUT2D eigenvalue weighted by Crippen LogP contribution is -2.30. The zero-order valence-corrected chi connectivity index (χ0v) is 11.5. The van der Waals surface area contributed by atoms with E-state index in [9.17, 15) is 14.7 Å². The number of halogens is 1. The van der Waals surface area contributed by atoms with Gasteiger partial charge < -0.3 is 19.5 Å². The number of aliphatic carboxylic acids is 1. The first-order valence-corrected chi connectivity index (χ1v) is 5.66. The molecule has 1 N–H and O–H groups in total. The Morgan fingerprint density at radius 2 is 2.05 bits per heavy atom. The Morgan fingerprint density at radius 1 is 1.42 bits per heavy atom. The average molecular weight is 288 g/mol. The molecule has 0 bridgehead atoms. The fourth-order valence-corrected chi connectivity index (χ4v) is 2.04. The number of hydrogen-bond acceptors (Lipinski definition) is 4. The number of carbonyl (C=O) groups excluding carboxylic acids is 1. The molecule has 104 valence electrons. The first-order chi connectivity index (χ1) is 8.97. The summed E-state index contributed by atoms with van der Waals surface area (Å²) in [6, 6.07) is 1.83. The zero-order valence-electron chi connectivity index (χ0n) is 10.7. The predicted octanol–water partition coefficient (Wildman–Crippen LogP) is 1.57. The summed E-state index contributed by atoms with van der Waals surface area (Å²) < 4.78 is 10.2. The molecule has 1 aromatic rings. The van der Waals surface area contributed by atoms with Crippen molar-refractivity contribution in [2.24, 2.45) is 0 Å². The van der Waals surface area contributed by atoms with Gasteiger partial charge in [-0.2, -0.15) is 0 Å². The van der Waals surface area contributed by atoms with Gasteiger partial charge in [0.2, 0.25) is 6.41 Å². The number of carboxylic acid groups (broad SMARTS) is 1. The van der Waals surface area contributed by atoms with Crippen molar-refractivity contribution in [3.63, 3.8) is 0 Å². The number of ether oxygens (including phenoxy) is 2. The standard InChI is InChI=1S/C12H14ClNO5/c1-14(6-15)10(12(16)17)7-4-5-8(18-2)11(19-3)9(7)13/h4-6,10H,1-3H3,(H,16,17). The molecule has 0 saturated heterocycles. The second kappa shape index (κ2) is 6.29. The van der Waals surface area contributed by atoms with Gasteiger partial charge in [0.15, 0.2) is 17.5 Å². The highest BCUT2D eigenvalue weighted by atomic mass is 35.5. The summed E-state index contributed by atoms with van der Waals surface area (Å²) >= 11 is 6.12. The van der Waals surface area contributed by atoms with E-state index in [-0.39, 0.29) is 16.3 Å². The number of likely N-dealkylation sites (N-methyl/N-ethyl adjacent to an activating group) is 1. The highest BCUT2D eigenvalue weighted by Gasteiger charge is 2.28. The fraction of sp³-hybridized carbons (Fsp3) is 0.333.